The molecule has 1 amide bonds. The Morgan fingerprint density at radius 2 is 2.10 bits per heavy atom. The number of nitrogens with zero attached hydrogens (tertiary/aromatic N) is 4. The van der Waals surface area contributed by atoms with Crippen LogP contribution in [-0.4, -0.2) is 44.6 Å². The number of fused-ring (bicyclic) bond motifs is 5. The minimum absolute atomic E-state index is 0.0118. The first-order valence-electron chi connectivity index (χ1n) is 10.6. The second-order valence-corrected chi connectivity index (χ2v) is 8.70. The highest BCUT2D eigenvalue weighted by Gasteiger charge is 2.40. The lowest BCUT2D eigenvalue weighted by Gasteiger charge is -2.47. The van der Waals surface area contributed by atoms with Crippen molar-refractivity contribution in [3.8, 4) is 0 Å². The summed E-state index contributed by atoms with van der Waals surface area (Å²) >= 11 is 0. The molecule has 7 nitrogen and oxygen atoms in total. The van der Waals surface area contributed by atoms with Gasteiger partial charge in [-0.05, 0) is 37.0 Å². The predicted octanol–water partition coefficient (Wildman–Crippen LogP) is 2.10. The summed E-state index contributed by atoms with van der Waals surface area (Å²) in [6, 6.07) is 9.69. The van der Waals surface area contributed by atoms with Gasteiger partial charge >= 0.3 is 0 Å². The molecular formula is C23H27N5O2. The maximum absolute atomic E-state index is 12.7. The normalized spacial score (nSPS) is 23.3. The molecule has 0 aliphatic carbocycles. The molecule has 1 saturated heterocycles. The lowest BCUT2D eigenvalue weighted by atomic mass is 9.78. The van der Waals surface area contributed by atoms with Crippen molar-refractivity contribution >= 4 is 11.4 Å². The fourth-order valence-corrected chi connectivity index (χ4v) is 5.43. The highest BCUT2D eigenvalue weighted by molar-refractivity contribution is 5.72. The third kappa shape index (κ3) is 3.23. The molecule has 1 fully saturated rings. The molecule has 2 aliphatic rings. The molecule has 0 aromatic carbocycles. The van der Waals surface area contributed by atoms with Crippen LogP contribution in [0.3, 0.4) is 0 Å². The van der Waals surface area contributed by atoms with Crippen LogP contribution in [0.15, 0.2) is 47.5 Å². The molecule has 0 radical (unpaired) electrons. The zero-order valence-corrected chi connectivity index (χ0v) is 17.4. The first kappa shape index (κ1) is 19.1. The number of rotatable bonds is 4. The van der Waals surface area contributed by atoms with E-state index < -0.39 is 0 Å². The van der Waals surface area contributed by atoms with E-state index in [1.807, 2.05) is 33.6 Å². The van der Waals surface area contributed by atoms with Gasteiger partial charge < -0.3 is 9.88 Å². The summed E-state index contributed by atoms with van der Waals surface area (Å²) in [7, 11) is 0. The quantitative estimate of drug-likeness (QED) is 0.722. The fourth-order valence-electron chi connectivity index (χ4n) is 5.43. The average Bonchev–Trinajstić information content (AvgIpc) is 3.12. The van der Waals surface area contributed by atoms with E-state index >= 15 is 0 Å². The minimum atomic E-state index is -0.0582. The Morgan fingerprint density at radius 3 is 2.93 bits per heavy atom. The van der Waals surface area contributed by atoms with E-state index in [1.54, 1.807) is 6.07 Å². The van der Waals surface area contributed by atoms with Gasteiger partial charge in [-0.15, -0.1) is 0 Å². The number of amides is 1. The number of likely N-dealkylation sites (tertiary alicyclic amines) is 1. The van der Waals surface area contributed by atoms with E-state index in [0.29, 0.717) is 18.4 Å². The van der Waals surface area contributed by atoms with Gasteiger partial charge in [0.05, 0.1) is 17.8 Å². The highest BCUT2D eigenvalue weighted by atomic mass is 16.1. The summed E-state index contributed by atoms with van der Waals surface area (Å²) in [5, 5.41) is 7.47. The molecule has 0 unspecified atom stereocenters. The topological polar surface area (TPSA) is 71.6 Å². The van der Waals surface area contributed by atoms with Crippen LogP contribution >= 0.6 is 0 Å². The van der Waals surface area contributed by atoms with E-state index in [2.05, 4.69) is 34.4 Å². The Morgan fingerprint density at radius 1 is 1.23 bits per heavy atom. The predicted molar refractivity (Wildman–Crippen MR) is 114 cm³/mol. The smallest absolute Gasteiger partial charge is 0.251 e. The zero-order valence-electron chi connectivity index (χ0n) is 17.4. The molecule has 156 valence electrons. The van der Waals surface area contributed by atoms with Crippen LogP contribution in [0, 0.1) is 12.8 Å². The summed E-state index contributed by atoms with van der Waals surface area (Å²) in [6.45, 7) is 6.82. The van der Waals surface area contributed by atoms with Crippen molar-refractivity contribution in [3.05, 3.63) is 69.9 Å². The Balaban J connectivity index is 1.46. The van der Waals surface area contributed by atoms with Crippen LogP contribution in [0.25, 0.3) is 5.52 Å². The first-order valence-corrected chi connectivity index (χ1v) is 10.6. The number of pyridine rings is 2. The number of aryl methyl sites for hydroxylation is 1. The number of nitrogens with one attached hydrogen (secondary N) is 1. The molecule has 3 aromatic heterocycles. The molecule has 2 bridgehead atoms. The Bertz CT molecular complexity index is 1160. The van der Waals surface area contributed by atoms with Crippen LogP contribution < -0.4 is 10.9 Å². The maximum atomic E-state index is 12.7. The summed E-state index contributed by atoms with van der Waals surface area (Å²) in [4.78, 5) is 26.8. The third-order valence-electron chi connectivity index (χ3n) is 6.65. The zero-order chi connectivity index (χ0) is 20.8. The highest BCUT2D eigenvalue weighted by Crippen LogP contribution is 2.41. The largest absolute Gasteiger partial charge is 0.354 e. The molecule has 7 heteroatoms. The first-order chi connectivity index (χ1) is 14.5. The molecule has 0 spiro atoms. The molecule has 3 atom stereocenters. The van der Waals surface area contributed by atoms with Gasteiger partial charge in [0, 0.05) is 62.5 Å². The maximum Gasteiger partial charge on any atom is 0.251 e. The van der Waals surface area contributed by atoms with Crippen LogP contribution in [0.5, 0.6) is 0 Å². The summed E-state index contributed by atoms with van der Waals surface area (Å²) in [6.07, 6.45) is 5.01. The van der Waals surface area contributed by atoms with Crippen LogP contribution in [0.2, 0.25) is 0 Å². The Kier molecular flexibility index (Phi) is 4.70. The number of hydrogen-bond donors (Lipinski definition) is 1. The van der Waals surface area contributed by atoms with Crippen molar-refractivity contribution in [2.75, 3.05) is 19.6 Å². The van der Waals surface area contributed by atoms with E-state index in [9.17, 15) is 9.59 Å². The second kappa shape index (κ2) is 7.40. The van der Waals surface area contributed by atoms with E-state index in [0.717, 1.165) is 31.7 Å². The minimum Gasteiger partial charge on any atom is -0.354 e. The number of carbonyl (C=O) groups is 1. The van der Waals surface area contributed by atoms with Gasteiger partial charge in [-0.1, -0.05) is 12.1 Å². The summed E-state index contributed by atoms with van der Waals surface area (Å²) < 4.78 is 3.88. The van der Waals surface area contributed by atoms with Crippen molar-refractivity contribution in [1.82, 2.24) is 24.4 Å². The monoisotopic (exact) mass is 405 g/mol. The van der Waals surface area contributed by atoms with Gasteiger partial charge in [-0.2, -0.15) is 5.10 Å². The SMILES string of the molecule is CC(=O)NC[C@H]1[C@H]2C[C@H](CN(Cc3cnn4cccc(C)c34)C2)c2cccc(=O)n21. The average molecular weight is 406 g/mol. The van der Waals surface area contributed by atoms with Crippen molar-refractivity contribution in [3.63, 3.8) is 0 Å². The van der Waals surface area contributed by atoms with E-state index in [-0.39, 0.29) is 17.5 Å². The van der Waals surface area contributed by atoms with Gasteiger partial charge in [0.25, 0.3) is 5.56 Å². The van der Waals surface area contributed by atoms with E-state index in [1.165, 1.54) is 23.6 Å². The van der Waals surface area contributed by atoms with Crippen molar-refractivity contribution < 1.29 is 4.79 Å². The van der Waals surface area contributed by atoms with Crippen molar-refractivity contribution in [2.45, 2.75) is 38.8 Å². The standard InChI is InChI=1S/C23H27N5O2/c1-15-5-4-8-27-23(15)19(10-25-27)14-26-12-17-9-18(13-26)21(11-24-16(2)29)28-20(17)6-3-7-22(28)30/h3-8,10,17-18,21H,9,11-14H2,1-2H3,(H,24,29)/t17-,18+,21+/m1/s1. The lowest BCUT2D eigenvalue weighted by molar-refractivity contribution is -0.119. The van der Waals surface area contributed by atoms with Crippen molar-refractivity contribution in [2.24, 2.45) is 5.92 Å². The lowest BCUT2D eigenvalue weighted by Crippen LogP contribution is -2.51. The molecule has 5 rings (SSSR count). The summed E-state index contributed by atoms with van der Waals surface area (Å²) in [5.41, 5.74) is 4.76. The Labute approximate surface area is 175 Å². The number of aromatic nitrogens is 3. The van der Waals surface area contributed by atoms with Gasteiger partial charge in [0.1, 0.15) is 0 Å². The van der Waals surface area contributed by atoms with Crippen molar-refractivity contribution in [1.29, 1.82) is 0 Å². The van der Waals surface area contributed by atoms with Crippen LogP contribution in [-0.2, 0) is 11.3 Å². The number of carbonyl (C=O) groups excluding carboxylic acids is 1. The molecule has 3 aromatic rings. The van der Waals surface area contributed by atoms with Gasteiger partial charge in [-0.3, -0.25) is 14.5 Å². The third-order valence-corrected chi connectivity index (χ3v) is 6.65. The van der Waals surface area contributed by atoms with E-state index in [4.69, 9.17) is 0 Å². The summed E-state index contributed by atoms with van der Waals surface area (Å²) in [5.74, 6) is 0.595. The molecule has 1 N–H and O–H groups in total. The number of hydrogen-bond acceptors (Lipinski definition) is 4. The molecule has 30 heavy (non-hydrogen) atoms. The fraction of sp³-hybridized carbons (Fsp3) is 0.435. The van der Waals surface area contributed by atoms with Gasteiger partial charge in [0.2, 0.25) is 5.91 Å². The van der Waals surface area contributed by atoms with Crippen LogP contribution in [0.4, 0.5) is 0 Å². The number of piperidine rings is 1. The molecular weight excluding hydrogens is 378 g/mol. The molecule has 2 aliphatic heterocycles. The van der Waals surface area contributed by atoms with Gasteiger partial charge in [-0.25, -0.2) is 4.52 Å². The van der Waals surface area contributed by atoms with Crippen LogP contribution in [0.1, 0.15) is 42.1 Å². The second-order valence-electron chi connectivity index (χ2n) is 8.70. The Hall–Kier alpha value is -2.93. The molecule has 0 saturated carbocycles. The molecule has 5 heterocycles. The van der Waals surface area contributed by atoms with Gasteiger partial charge in [0.15, 0.2) is 0 Å².